The van der Waals surface area contributed by atoms with E-state index in [9.17, 15) is 9.59 Å². The molecule has 0 aliphatic heterocycles. The number of carboxylic acids is 2. The molecule has 7 nitrogen and oxygen atoms in total. The van der Waals surface area contributed by atoms with Crippen molar-refractivity contribution in [1.82, 2.24) is 6.15 Å². The van der Waals surface area contributed by atoms with Crippen molar-refractivity contribution in [2.75, 3.05) is 0 Å². The number of aliphatic hydroxyl groups is 2. The molecule has 0 aromatic carbocycles. The normalized spacial score (nSPS) is 11.7. The van der Waals surface area contributed by atoms with Gasteiger partial charge in [-0.2, -0.15) is 0 Å². The maximum atomic E-state index is 9.45. The van der Waals surface area contributed by atoms with E-state index >= 15 is 0 Å². The van der Waals surface area contributed by atoms with Crippen molar-refractivity contribution < 1.29 is 30.0 Å². The van der Waals surface area contributed by atoms with Gasteiger partial charge in [0.05, 0.1) is 0 Å². The van der Waals surface area contributed by atoms with Crippen molar-refractivity contribution >= 4 is 49.7 Å². The van der Waals surface area contributed by atoms with Crippen LogP contribution in [0.1, 0.15) is 13.8 Å². The van der Waals surface area contributed by atoms with E-state index in [0.29, 0.717) is 0 Å². The molecule has 0 bridgehead atoms. The van der Waals surface area contributed by atoms with Crippen LogP contribution >= 0.6 is 0 Å². The second-order valence-corrected chi connectivity index (χ2v) is 2.03. The zero-order valence-corrected chi connectivity index (χ0v) is 7.47. The number of aliphatic hydroxyl groups excluding tert-OH is 2. The Morgan fingerprint density at radius 3 is 1.00 bits per heavy atom. The fourth-order valence-corrected chi connectivity index (χ4v) is 0. The average molecular weight is 239 g/mol. The molecule has 14 heavy (non-hydrogen) atoms. The topological polar surface area (TPSA) is 150 Å². The van der Waals surface area contributed by atoms with E-state index in [2.05, 4.69) is 0 Å². The Morgan fingerprint density at radius 2 is 1.00 bits per heavy atom. The monoisotopic (exact) mass is 239 g/mol. The van der Waals surface area contributed by atoms with E-state index in [1.54, 1.807) is 0 Å². The van der Waals surface area contributed by atoms with E-state index in [4.69, 9.17) is 20.4 Å². The van der Waals surface area contributed by atoms with Crippen molar-refractivity contribution in [2.45, 2.75) is 26.1 Å². The van der Waals surface area contributed by atoms with Gasteiger partial charge in [-0.05, 0) is 13.8 Å². The number of aliphatic carboxylic acids is 2. The van der Waals surface area contributed by atoms with E-state index < -0.39 is 24.1 Å². The maximum absolute atomic E-state index is 9.45. The van der Waals surface area contributed by atoms with Crippen LogP contribution in [-0.2, 0) is 9.59 Å². The molecular formula is C6H17CaNO6. The van der Waals surface area contributed by atoms with E-state index in [-0.39, 0.29) is 43.9 Å². The number of rotatable bonds is 2. The molecule has 2 unspecified atom stereocenters. The first kappa shape index (κ1) is 23.7. The van der Waals surface area contributed by atoms with Gasteiger partial charge >= 0.3 is 49.7 Å². The molecule has 2 atom stereocenters. The van der Waals surface area contributed by atoms with E-state index in [1.807, 2.05) is 0 Å². The van der Waals surface area contributed by atoms with E-state index in [0.717, 1.165) is 0 Å². The first-order chi connectivity index (χ1) is 5.29. The summed E-state index contributed by atoms with van der Waals surface area (Å²) in [4.78, 5) is 18.9. The van der Waals surface area contributed by atoms with Crippen molar-refractivity contribution in [3.05, 3.63) is 0 Å². The first-order valence-electron chi connectivity index (χ1n) is 3.10. The molecule has 0 amide bonds. The zero-order valence-electron chi connectivity index (χ0n) is 7.47. The van der Waals surface area contributed by atoms with Gasteiger partial charge in [-0.15, -0.1) is 0 Å². The molecular weight excluding hydrogens is 222 g/mol. The van der Waals surface area contributed by atoms with Crippen LogP contribution in [0.4, 0.5) is 0 Å². The van der Waals surface area contributed by atoms with Gasteiger partial charge < -0.3 is 26.6 Å². The summed E-state index contributed by atoms with van der Waals surface area (Å²) in [6, 6.07) is 0. The Labute approximate surface area is 111 Å². The van der Waals surface area contributed by atoms with Gasteiger partial charge in [-0.3, -0.25) is 0 Å². The number of carbonyl (C=O) groups is 2. The predicted octanol–water partition coefficient (Wildman–Crippen LogP) is -1.85. The van der Waals surface area contributed by atoms with Gasteiger partial charge in [0, 0.05) is 0 Å². The fraction of sp³-hybridized carbons (Fsp3) is 0.667. The number of hydrogen-bond acceptors (Lipinski definition) is 5. The van der Waals surface area contributed by atoms with Gasteiger partial charge in [-0.1, -0.05) is 0 Å². The van der Waals surface area contributed by atoms with Crippen molar-refractivity contribution in [2.24, 2.45) is 0 Å². The molecule has 8 heteroatoms. The van der Waals surface area contributed by atoms with Gasteiger partial charge in [0.15, 0.2) is 0 Å². The van der Waals surface area contributed by atoms with Crippen molar-refractivity contribution in [1.29, 1.82) is 0 Å². The first-order valence-corrected chi connectivity index (χ1v) is 3.10. The molecule has 0 fully saturated rings. The molecule has 0 aliphatic carbocycles. The molecule has 0 saturated carbocycles. The molecule has 0 aromatic heterocycles. The van der Waals surface area contributed by atoms with Crippen LogP contribution in [0.5, 0.6) is 0 Å². The third-order valence-corrected chi connectivity index (χ3v) is 0.715. The summed E-state index contributed by atoms with van der Waals surface area (Å²) in [5.41, 5.74) is 0. The molecule has 0 aromatic rings. The fourth-order valence-electron chi connectivity index (χ4n) is 0. The van der Waals surface area contributed by atoms with Crippen molar-refractivity contribution in [3.63, 3.8) is 0 Å². The molecule has 84 valence electrons. The Morgan fingerprint density at radius 1 is 0.929 bits per heavy atom. The van der Waals surface area contributed by atoms with Crippen LogP contribution in [0.15, 0.2) is 0 Å². The average Bonchev–Trinajstić information content (AvgIpc) is 1.88. The van der Waals surface area contributed by atoms with Gasteiger partial charge in [0.25, 0.3) is 0 Å². The molecule has 0 spiro atoms. The summed E-state index contributed by atoms with van der Waals surface area (Å²) in [6.07, 6.45) is -2.46. The van der Waals surface area contributed by atoms with Gasteiger partial charge in [0.1, 0.15) is 12.2 Å². The minimum absolute atomic E-state index is 0. The number of hydrogen-bond donors (Lipinski definition) is 5. The van der Waals surface area contributed by atoms with Crippen LogP contribution in [0.2, 0.25) is 0 Å². The Balaban J connectivity index is -0.0000000625. The Kier molecular flexibility index (Phi) is 22.1. The minimum atomic E-state index is -1.23. The second kappa shape index (κ2) is 13.1. The van der Waals surface area contributed by atoms with Crippen LogP contribution in [0, 0.1) is 0 Å². The summed E-state index contributed by atoms with van der Waals surface area (Å²) >= 11 is 0. The molecule has 0 aliphatic rings. The Hall–Kier alpha value is 0.0797. The third kappa shape index (κ3) is 22.7. The zero-order chi connectivity index (χ0) is 10.3. The third-order valence-electron chi connectivity index (χ3n) is 0.715. The molecule has 0 radical (unpaired) electrons. The predicted molar refractivity (Wildman–Crippen MR) is 52.2 cm³/mol. The quantitative estimate of drug-likeness (QED) is 0.355. The van der Waals surface area contributed by atoms with Crippen LogP contribution in [0.25, 0.3) is 0 Å². The van der Waals surface area contributed by atoms with Crippen LogP contribution in [0.3, 0.4) is 0 Å². The summed E-state index contributed by atoms with van der Waals surface area (Å²) in [5, 5.41) is 31.5. The molecule has 0 heterocycles. The summed E-state index contributed by atoms with van der Waals surface area (Å²) in [6.45, 7) is 2.39. The molecule has 0 saturated heterocycles. The molecule has 0 rings (SSSR count). The van der Waals surface area contributed by atoms with E-state index in [1.165, 1.54) is 13.8 Å². The van der Waals surface area contributed by atoms with Crippen LogP contribution in [-0.4, -0.2) is 82.3 Å². The van der Waals surface area contributed by atoms with Gasteiger partial charge in [0.2, 0.25) is 0 Å². The molecule has 7 N–H and O–H groups in total. The van der Waals surface area contributed by atoms with Gasteiger partial charge in [-0.25, -0.2) is 9.59 Å². The summed E-state index contributed by atoms with van der Waals surface area (Å²) in [5.74, 6) is -2.37. The standard InChI is InChI=1S/2C3H6O3.Ca.H3N.2H/c2*1-2(4)3(5)6;;;;/h2*2,4H,1H3,(H,5,6);;1H3;;. The number of carboxylic acid groups (broad SMARTS) is 2. The second-order valence-electron chi connectivity index (χ2n) is 2.03. The van der Waals surface area contributed by atoms with Crippen LogP contribution < -0.4 is 6.15 Å². The van der Waals surface area contributed by atoms with Crippen molar-refractivity contribution in [3.8, 4) is 0 Å². The summed E-state index contributed by atoms with van der Waals surface area (Å²) in [7, 11) is 0. The summed E-state index contributed by atoms with van der Waals surface area (Å²) < 4.78 is 0. The SMILES string of the molecule is CC(O)C(=O)O.CC(O)C(=O)O.N.[CaH2]. The Bertz CT molecular complexity index is 142.